The minimum atomic E-state index is 0.0811. The average molecular weight is 273 g/mol. The predicted molar refractivity (Wildman–Crippen MR) is 91.6 cm³/mol. The molecule has 20 heavy (non-hydrogen) atoms. The first-order chi connectivity index (χ1) is 8.85. The molecule has 0 aliphatic rings. The Balaban J connectivity index is 3.30. The Kier molecular flexibility index (Phi) is 4.43. The molecule has 0 bridgehead atoms. The van der Waals surface area contributed by atoms with E-state index < -0.39 is 0 Å². The van der Waals surface area contributed by atoms with Gasteiger partial charge in [0, 0.05) is 23.8 Å². The van der Waals surface area contributed by atoms with Crippen molar-refractivity contribution in [3.8, 4) is 0 Å². The molecule has 1 nitrogen and oxygen atoms in total. The van der Waals surface area contributed by atoms with E-state index in [1.165, 1.54) is 22.4 Å². The van der Waals surface area contributed by atoms with Crippen molar-refractivity contribution in [2.24, 2.45) is 5.41 Å². The van der Waals surface area contributed by atoms with Crippen LogP contribution in [-0.4, -0.2) is 7.05 Å². The normalized spacial score (nSPS) is 12.4. The number of allylic oxidation sites excluding steroid dienone is 1. The molecule has 0 amide bonds. The van der Waals surface area contributed by atoms with Gasteiger partial charge in [-0.1, -0.05) is 54.2 Å². The highest BCUT2D eigenvalue weighted by Crippen LogP contribution is 2.35. The Hall–Kier alpha value is -1.24. The van der Waals surface area contributed by atoms with Crippen molar-refractivity contribution in [3.63, 3.8) is 0 Å². The second-order valence-corrected chi connectivity index (χ2v) is 7.96. The quantitative estimate of drug-likeness (QED) is 0.678. The number of hydrogen-bond donors (Lipinski definition) is 0. The van der Waals surface area contributed by atoms with Crippen molar-refractivity contribution in [1.29, 1.82) is 0 Å². The number of hydrogen-bond acceptors (Lipinski definition) is 1. The van der Waals surface area contributed by atoms with Gasteiger partial charge in [0.1, 0.15) is 0 Å². The summed E-state index contributed by atoms with van der Waals surface area (Å²) in [6.45, 7) is 22.1. The van der Waals surface area contributed by atoms with Crippen LogP contribution in [0.3, 0.4) is 0 Å². The molecule has 1 aromatic carbocycles. The second kappa shape index (κ2) is 5.27. The summed E-state index contributed by atoms with van der Waals surface area (Å²) in [6.07, 6.45) is 0. The standard InChI is InChI=1S/C19H31N/c1-13-12-17(20(10)15(3)18(4,5)6)14(2)11-16(13)19(7,8)9/h11-12H,3H2,1-2,4-10H3. The zero-order valence-corrected chi connectivity index (χ0v) is 14.8. The third-order valence-electron chi connectivity index (χ3n) is 3.98. The smallest absolute Gasteiger partial charge is 0.0438 e. The highest BCUT2D eigenvalue weighted by Gasteiger charge is 2.23. The van der Waals surface area contributed by atoms with Gasteiger partial charge in [0.2, 0.25) is 0 Å². The molecule has 0 N–H and O–H groups in total. The van der Waals surface area contributed by atoms with Crippen LogP contribution in [0.5, 0.6) is 0 Å². The molecular weight excluding hydrogens is 242 g/mol. The van der Waals surface area contributed by atoms with E-state index in [0.29, 0.717) is 0 Å². The fourth-order valence-electron chi connectivity index (χ4n) is 2.62. The van der Waals surface area contributed by atoms with Gasteiger partial charge in [0.15, 0.2) is 0 Å². The molecule has 0 unspecified atom stereocenters. The first-order valence-electron chi connectivity index (χ1n) is 7.40. The van der Waals surface area contributed by atoms with Crippen LogP contribution in [0.15, 0.2) is 24.4 Å². The molecule has 0 atom stereocenters. The van der Waals surface area contributed by atoms with E-state index in [-0.39, 0.29) is 10.8 Å². The van der Waals surface area contributed by atoms with Gasteiger partial charge in [-0.3, -0.25) is 0 Å². The van der Waals surface area contributed by atoms with Gasteiger partial charge in [-0.25, -0.2) is 0 Å². The summed E-state index contributed by atoms with van der Waals surface area (Å²) in [5.74, 6) is 0. The van der Waals surface area contributed by atoms with Crippen LogP contribution in [0, 0.1) is 19.3 Å². The molecule has 112 valence electrons. The van der Waals surface area contributed by atoms with Crippen molar-refractivity contribution in [2.75, 3.05) is 11.9 Å². The highest BCUT2D eigenvalue weighted by atomic mass is 15.1. The van der Waals surface area contributed by atoms with Crippen LogP contribution in [0.4, 0.5) is 5.69 Å². The lowest BCUT2D eigenvalue weighted by atomic mass is 9.82. The van der Waals surface area contributed by atoms with E-state index in [0.717, 1.165) is 5.70 Å². The van der Waals surface area contributed by atoms with Crippen LogP contribution in [-0.2, 0) is 5.41 Å². The molecule has 0 heterocycles. The van der Waals surface area contributed by atoms with Gasteiger partial charge in [-0.2, -0.15) is 0 Å². The van der Waals surface area contributed by atoms with Gasteiger partial charge in [0.05, 0.1) is 0 Å². The number of benzene rings is 1. The molecule has 1 rings (SSSR count). The zero-order chi connectivity index (χ0) is 15.9. The summed E-state index contributed by atoms with van der Waals surface area (Å²) in [6, 6.07) is 4.63. The molecule has 0 fully saturated rings. The van der Waals surface area contributed by atoms with Gasteiger partial charge >= 0.3 is 0 Å². The molecule has 0 spiro atoms. The molecule has 0 aromatic heterocycles. The van der Waals surface area contributed by atoms with E-state index in [1.807, 2.05) is 0 Å². The summed E-state index contributed by atoms with van der Waals surface area (Å²) in [4.78, 5) is 2.23. The van der Waals surface area contributed by atoms with E-state index in [1.54, 1.807) is 0 Å². The number of rotatable bonds is 2. The summed E-state index contributed by atoms with van der Waals surface area (Å²) in [7, 11) is 2.12. The van der Waals surface area contributed by atoms with Gasteiger partial charge in [-0.15, -0.1) is 0 Å². The average Bonchev–Trinajstić information content (AvgIpc) is 2.27. The fraction of sp³-hybridized carbons (Fsp3) is 0.579. The molecule has 1 heteroatoms. The monoisotopic (exact) mass is 273 g/mol. The van der Waals surface area contributed by atoms with Crippen molar-refractivity contribution in [2.45, 2.75) is 60.8 Å². The third kappa shape index (κ3) is 3.45. The molecule has 1 aromatic rings. The van der Waals surface area contributed by atoms with Crippen molar-refractivity contribution >= 4 is 5.69 Å². The molecule has 0 saturated carbocycles. The maximum absolute atomic E-state index is 4.27. The van der Waals surface area contributed by atoms with Crippen LogP contribution >= 0.6 is 0 Å². The van der Waals surface area contributed by atoms with Crippen molar-refractivity contribution in [1.82, 2.24) is 0 Å². The zero-order valence-electron chi connectivity index (χ0n) is 14.8. The minimum Gasteiger partial charge on any atom is -0.348 e. The third-order valence-corrected chi connectivity index (χ3v) is 3.98. The SMILES string of the molecule is C=C(N(C)c1cc(C)c(C(C)(C)C)cc1C)C(C)(C)C. The maximum Gasteiger partial charge on any atom is 0.0438 e. The molecule has 0 radical (unpaired) electrons. The van der Waals surface area contributed by atoms with Gasteiger partial charge < -0.3 is 4.90 Å². The lowest BCUT2D eigenvalue weighted by Crippen LogP contribution is -2.26. The second-order valence-electron chi connectivity index (χ2n) is 7.96. The maximum atomic E-state index is 4.27. The number of anilines is 1. The van der Waals surface area contributed by atoms with E-state index in [4.69, 9.17) is 0 Å². The van der Waals surface area contributed by atoms with E-state index in [9.17, 15) is 0 Å². The van der Waals surface area contributed by atoms with Gasteiger partial charge in [-0.05, 0) is 42.0 Å². The Morgan fingerprint density at radius 3 is 1.85 bits per heavy atom. The fourth-order valence-corrected chi connectivity index (χ4v) is 2.62. The summed E-state index contributed by atoms with van der Waals surface area (Å²) >= 11 is 0. The molecule has 0 saturated heterocycles. The predicted octanol–water partition coefficient (Wildman–Crippen LogP) is 5.60. The lowest BCUT2D eigenvalue weighted by molar-refractivity contribution is 0.492. The summed E-state index contributed by atoms with van der Waals surface area (Å²) in [5, 5.41) is 0. The van der Waals surface area contributed by atoms with Gasteiger partial charge in [0.25, 0.3) is 0 Å². The van der Waals surface area contributed by atoms with E-state index in [2.05, 4.69) is 86.0 Å². The Labute approximate surface area is 125 Å². The molecule has 0 aliphatic carbocycles. The first kappa shape index (κ1) is 16.8. The Bertz CT molecular complexity index is 510. The van der Waals surface area contributed by atoms with E-state index >= 15 is 0 Å². The molecule has 0 aliphatic heterocycles. The van der Waals surface area contributed by atoms with Crippen LogP contribution < -0.4 is 4.90 Å². The largest absolute Gasteiger partial charge is 0.348 e. The van der Waals surface area contributed by atoms with Crippen molar-refractivity contribution < 1.29 is 0 Å². The Morgan fingerprint density at radius 1 is 0.950 bits per heavy atom. The van der Waals surface area contributed by atoms with Crippen LogP contribution in [0.2, 0.25) is 0 Å². The Morgan fingerprint density at radius 2 is 1.45 bits per heavy atom. The molecular formula is C19H31N. The number of nitrogens with zero attached hydrogens (tertiary/aromatic N) is 1. The summed E-state index contributed by atoms with van der Waals surface area (Å²) in [5.41, 5.74) is 6.76. The van der Waals surface area contributed by atoms with Crippen LogP contribution in [0.25, 0.3) is 0 Å². The van der Waals surface area contributed by atoms with Crippen molar-refractivity contribution in [3.05, 3.63) is 41.1 Å². The van der Waals surface area contributed by atoms with Crippen LogP contribution in [0.1, 0.15) is 58.2 Å². The highest BCUT2D eigenvalue weighted by molar-refractivity contribution is 5.61. The lowest BCUT2D eigenvalue weighted by Gasteiger charge is -2.33. The number of aryl methyl sites for hydroxylation is 2. The topological polar surface area (TPSA) is 3.24 Å². The first-order valence-corrected chi connectivity index (χ1v) is 7.40. The summed E-state index contributed by atoms with van der Waals surface area (Å²) < 4.78 is 0. The minimum absolute atomic E-state index is 0.0811.